The maximum atomic E-state index is 13.1. The minimum Gasteiger partial charge on any atom is -0.386 e. The summed E-state index contributed by atoms with van der Waals surface area (Å²) in [4.78, 5) is 14.8. The Morgan fingerprint density at radius 2 is 1.75 bits per heavy atom. The van der Waals surface area contributed by atoms with E-state index in [1.165, 1.54) is 0 Å². The zero-order valence-electron chi connectivity index (χ0n) is 20.1. The van der Waals surface area contributed by atoms with Gasteiger partial charge in [-0.25, -0.2) is 4.68 Å². The number of hydrogen-bond donors (Lipinski definition) is 1. The summed E-state index contributed by atoms with van der Waals surface area (Å²) in [5, 5.41) is 19.6. The van der Waals surface area contributed by atoms with Crippen LogP contribution >= 0.6 is 31.9 Å². The number of aryl methyl sites for hydroxylation is 1. The number of nitrogens with zero attached hydrogens (tertiary/aromatic N) is 5. The van der Waals surface area contributed by atoms with Gasteiger partial charge in [-0.2, -0.15) is 0 Å². The van der Waals surface area contributed by atoms with Gasteiger partial charge in [-0.05, 0) is 49.6 Å². The van der Waals surface area contributed by atoms with Crippen LogP contribution in [0.1, 0.15) is 41.1 Å². The number of amides is 1. The molecule has 0 unspecified atom stereocenters. The van der Waals surface area contributed by atoms with Gasteiger partial charge in [-0.15, -0.1) is 5.10 Å². The molecule has 2 aromatic carbocycles. The SMILES string of the molecule is C[C@H](c1ccccc1Br)n1cc(CCC2(O)CN(C(=O)c3ccc(-c4ccccc4Br)n3C)C2)nn1. The van der Waals surface area contributed by atoms with Crippen LogP contribution in [0, 0.1) is 0 Å². The van der Waals surface area contributed by atoms with Gasteiger partial charge in [0, 0.05) is 33.4 Å². The molecule has 9 heteroatoms. The van der Waals surface area contributed by atoms with E-state index in [-0.39, 0.29) is 11.9 Å². The highest BCUT2D eigenvalue weighted by atomic mass is 79.9. The fourth-order valence-electron chi connectivity index (χ4n) is 4.73. The number of halogens is 2. The van der Waals surface area contributed by atoms with Gasteiger partial charge in [0.1, 0.15) is 11.3 Å². The van der Waals surface area contributed by atoms with Crippen molar-refractivity contribution < 1.29 is 9.90 Å². The summed E-state index contributed by atoms with van der Waals surface area (Å²) < 4.78 is 5.76. The third kappa shape index (κ3) is 4.79. The lowest BCUT2D eigenvalue weighted by molar-refractivity contribution is -0.0858. The Kier molecular flexibility index (Phi) is 6.89. The summed E-state index contributed by atoms with van der Waals surface area (Å²) in [7, 11) is 1.90. The van der Waals surface area contributed by atoms with Crippen LogP contribution in [-0.4, -0.2) is 54.2 Å². The molecule has 5 rings (SSSR count). The lowest BCUT2D eigenvalue weighted by Gasteiger charge is -2.46. The summed E-state index contributed by atoms with van der Waals surface area (Å²) in [6, 6.07) is 19.9. The van der Waals surface area contributed by atoms with Crippen molar-refractivity contribution in [2.45, 2.75) is 31.4 Å². The molecule has 0 radical (unpaired) electrons. The van der Waals surface area contributed by atoms with Gasteiger partial charge in [0.05, 0.1) is 24.8 Å². The van der Waals surface area contributed by atoms with Crippen LogP contribution in [0.3, 0.4) is 0 Å². The molecule has 1 fully saturated rings. The van der Waals surface area contributed by atoms with E-state index in [0.29, 0.717) is 31.6 Å². The first-order valence-corrected chi connectivity index (χ1v) is 13.4. The monoisotopic (exact) mass is 611 g/mol. The van der Waals surface area contributed by atoms with Crippen LogP contribution in [0.2, 0.25) is 0 Å². The Balaban J connectivity index is 1.19. The van der Waals surface area contributed by atoms with Crippen LogP contribution < -0.4 is 0 Å². The molecule has 1 saturated heterocycles. The molecule has 4 aromatic rings. The van der Waals surface area contributed by atoms with Crippen molar-refractivity contribution in [1.29, 1.82) is 0 Å². The number of benzene rings is 2. The van der Waals surface area contributed by atoms with Gasteiger partial charge >= 0.3 is 0 Å². The standard InChI is InChI=1S/C27H27Br2N5O2/c1-18(20-7-3-5-9-22(20)28)34-15-19(30-31-34)13-14-27(36)16-33(17-27)26(35)25-12-11-24(32(25)2)21-8-4-6-10-23(21)29/h3-12,15,18,36H,13-14,16-17H2,1-2H3/t18-/m1/s1. The van der Waals surface area contributed by atoms with Gasteiger partial charge in [0.25, 0.3) is 5.91 Å². The van der Waals surface area contributed by atoms with Crippen molar-refractivity contribution in [2.75, 3.05) is 13.1 Å². The van der Waals surface area contributed by atoms with Crippen LogP contribution in [0.5, 0.6) is 0 Å². The maximum Gasteiger partial charge on any atom is 0.270 e. The average Bonchev–Trinajstić information content (AvgIpc) is 3.48. The number of rotatable bonds is 7. The maximum absolute atomic E-state index is 13.1. The number of likely N-dealkylation sites (tertiary alicyclic amines) is 1. The Hall–Kier alpha value is -2.75. The minimum absolute atomic E-state index is 0.0356. The molecule has 1 amide bonds. The Morgan fingerprint density at radius 1 is 1.06 bits per heavy atom. The van der Waals surface area contributed by atoms with E-state index >= 15 is 0 Å². The third-order valence-corrected chi connectivity index (χ3v) is 8.32. The zero-order valence-corrected chi connectivity index (χ0v) is 23.3. The predicted octanol–water partition coefficient (Wildman–Crippen LogP) is 5.24. The Labute approximate surface area is 227 Å². The summed E-state index contributed by atoms with van der Waals surface area (Å²) in [6.07, 6.45) is 3.05. The second-order valence-corrected chi connectivity index (χ2v) is 11.1. The molecule has 36 heavy (non-hydrogen) atoms. The van der Waals surface area contributed by atoms with E-state index in [2.05, 4.69) is 55.2 Å². The van der Waals surface area contributed by atoms with Crippen molar-refractivity contribution in [3.8, 4) is 11.3 Å². The van der Waals surface area contributed by atoms with E-state index in [1.54, 1.807) is 4.90 Å². The molecule has 1 aliphatic heterocycles. The van der Waals surface area contributed by atoms with E-state index in [1.807, 2.05) is 77.1 Å². The minimum atomic E-state index is -0.913. The molecule has 1 atom stereocenters. The van der Waals surface area contributed by atoms with Gasteiger partial charge in [0.2, 0.25) is 0 Å². The quantitative estimate of drug-likeness (QED) is 0.310. The fraction of sp³-hybridized carbons (Fsp3) is 0.296. The first kappa shape index (κ1) is 24.9. The van der Waals surface area contributed by atoms with Crippen LogP contribution in [0.15, 0.2) is 75.8 Å². The molecule has 0 aliphatic carbocycles. The average molecular weight is 613 g/mol. The van der Waals surface area contributed by atoms with Crippen molar-refractivity contribution in [1.82, 2.24) is 24.5 Å². The molecule has 186 valence electrons. The Morgan fingerprint density at radius 3 is 2.47 bits per heavy atom. The molecule has 0 spiro atoms. The summed E-state index contributed by atoms with van der Waals surface area (Å²) in [6.45, 7) is 2.69. The molecular weight excluding hydrogens is 586 g/mol. The third-order valence-electron chi connectivity index (χ3n) is 6.90. The van der Waals surface area contributed by atoms with Crippen molar-refractivity contribution in [3.63, 3.8) is 0 Å². The molecular formula is C27H27Br2N5O2. The number of aromatic nitrogens is 4. The smallest absolute Gasteiger partial charge is 0.270 e. The summed E-state index contributed by atoms with van der Waals surface area (Å²) in [5.74, 6) is -0.0753. The number of aliphatic hydroxyl groups is 1. The number of carbonyl (C=O) groups is 1. The molecule has 1 N–H and O–H groups in total. The molecule has 0 bridgehead atoms. The highest BCUT2D eigenvalue weighted by Gasteiger charge is 2.44. The van der Waals surface area contributed by atoms with Gasteiger partial charge in [-0.1, -0.05) is 73.5 Å². The first-order valence-electron chi connectivity index (χ1n) is 11.8. The number of carbonyl (C=O) groups excluding carboxylic acids is 1. The molecule has 0 saturated carbocycles. The normalized spacial score (nSPS) is 15.5. The number of β-amino-alcohol motifs (C(OH)–C–C–N with tert-alkyl or cyclic N) is 1. The molecule has 1 aliphatic rings. The van der Waals surface area contributed by atoms with Crippen molar-refractivity contribution in [2.24, 2.45) is 7.05 Å². The molecule has 7 nitrogen and oxygen atoms in total. The highest BCUT2D eigenvalue weighted by Crippen LogP contribution is 2.32. The summed E-state index contributed by atoms with van der Waals surface area (Å²) >= 11 is 7.19. The largest absolute Gasteiger partial charge is 0.386 e. The second kappa shape index (κ2) is 9.95. The zero-order chi connectivity index (χ0) is 25.4. The van der Waals surface area contributed by atoms with Gasteiger partial charge in [-0.3, -0.25) is 4.79 Å². The van der Waals surface area contributed by atoms with E-state index in [0.717, 1.165) is 31.5 Å². The van der Waals surface area contributed by atoms with Gasteiger partial charge < -0.3 is 14.6 Å². The van der Waals surface area contributed by atoms with Crippen LogP contribution in [0.4, 0.5) is 0 Å². The molecule has 2 aromatic heterocycles. The molecule has 3 heterocycles. The van der Waals surface area contributed by atoms with Crippen molar-refractivity contribution in [3.05, 3.63) is 92.8 Å². The Bertz CT molecular complexity index is 1410. The highest BCUT2D eigenvalue weighted by molar-refractivity contribution is 9.10. The van der Waals surface area contributed by atoms with E-state index in [9.17, 15) is 9.90 Å². The fourth-order valence-corrected chi connectivity index (χ4v) is 5.83. The van der Waals surface area contributed by atoms with E-state index in [4.69, 9.17) is 0 Å². The number of hydrogen-bond acceptors (Lipinski definition) is 4. The topological polar surface area (TPSA) is 76.2 Å². The van der Waals surface area contributed by atoms with Crippen LogP contribution in [0.25, 0.3) is 11.3 Å². The lowest BCUT2D eigenvalue weighted by Crippen LogP contribution is -2.63. The predicted molar refractivity (Wildman–Crippen MR) is 146 cm³/mol. The van der Waals surface area contributed by atoms with Gasteiger partial charge in [0.15, 0.2) is 0 Å². The van der Waals surface area contributed by atoms with Crippen LogP contribution in [-0.2, 0) is 13.5 Å². The second-order valence-electron chi connectivity index (χ2n) is 9.42. The van der Waals surface area contributed by atoms with E-state index < -0.39 is 5.60 Å². The first-order chi connectivity index (χ1) is 17.3. The summed E-state index contributed by atoms with van der Waals surface area (Å²) in [5.41, 5.74) is 3.63. The van der Waals surface area contributed by atoms with Crippen molar-refractivity contribution >= 4 is 37.8 Å². The lowest BCUT2D eigenvalue weighted by atomic mass is 9.88.